The lowest BCUT2D eigenvalue weighted by atomic mass is 9.59. The Hall–Kier alpha value is -3.74. The number of benzene rings is 1. The van der Waals surface area contributed by atoms with Gasteiger partial charge in [-0.1, -0.05) is 12.2 Å². The van der Waals surface area contributed by atoms with Gasteiger partial charge in [0.2, 0.25) is 5.78 Å². The standard InChI is InChI=1S/C28H26F3NO7.C2H7N/c1-12(33)19-18(34)10-15-7-13-8-16-17(22(29)27(30)31)9-14(11-32-5-3-2-4-6-32)23(35)21(16)24(36)20(13)26(38)28(15,39)25(19)37;1-3-2/h2-3,9,13,15,35-37,39H,4-8,10-11H2,1H3;3H,1-2H3/t13-,15+,28-;/m1./s1. The molecule has 1 heterocycles. The Kier molecular flexibility index (Phi) is 8.81. The molecule has 0 amide bonds. The zero-order chi connectivity index (χ0) is 31.1. The Balaban J connectivity index is 0.00000129. The van der Waals surface area contributed by atoms with Gasteiger partial charge < -0.3 is 25.7 Å². The molecule has 1 saturated carbocycles. The highest BCUT2D eigenvalue weighted by atomic mass is 19.3. The van der Waals surface area contributed by atoms with Crippen LogP contribution in [0.3, 0.4) is 0 Å². The highest BCUT2D eigenvalue weighted by molar-refractivity contribution is 6.23. The monoisotopic (exact) mass is 590 g/mol. The number of aliphatic hydroxyl groups excluding tert-OH is 2. The summed E-state index contributed by atoms with van der Waals surface area (Å²) in [6.45, 7) is 2.12. The minimum Gasteiger partial charge on any atom is -0.508 e. The quantitative estimate of drug-likeness (QED) is 0.262. The van der Waals surface area contributed by atoms with E-state index in [1.165, 1.54) is 0 Å². The van der Waals surface area contributed by atoms with Crippen LogP contribution < -0.4 is 5.32 Å². The summed E-state index contributed by atoms with van der Waals surface area (Å²) < 4.78 is 41.8. The molecule has 3 aliphatic carbocycles. The van der Waals surface area contributed by atoms with E-state index in [-0.39, 0.29) is 30.5 Å². The molecule has 3 atom stereocenters. The van der Waals surface area contributed by atoms with Gasteiger partial charge >= 0.3 is 6.08 Å². The second-order valence-corrected chi connectivity index (χ2v) is 11.0. The van der Waals surface area contributed by atoms with Crippen molar-refractivity contribution < 1.29 is 48.0 Å². The van der Waals surface area contributed by atoms with Gasteiger partial charge in [0.1, 0.15) is 22.8 Å². The van der Waals surface area contributed by atoms with E-state index in [4.69, 9.17) is 0 Å². The normalized spacial score (nSPS) is 25.3. The van der Waals surface area contributed by atoms with Gasteiger partial charge in [-0.3, -0.25) is 19.3 Å². The first-order chi connectivity index (χ1) is 19.8. The number of rotatable bonds is 4. The zero-order valence-electron chi connectivity index (χ0n) is 23.4. The second-order valence-electron chi connectivity index (χ2n) is 11.0. The molecule has 12 heteroatoms. The molecule has 0 spiro atoms. The van der Waals surface area contributed by atoms with E-state index in [9.17, 15) is 48.0 Å². The van der Waals surface area contributed by atoms with Gasteiger partial charge in [-0.2, -0.15) is 8.78 Å². The summed E-state index contributed by atoms with van der Waals surface area (Å²) in [5, 5.41) is 47.3. The number of phenolic OH excluding ortho intramolecular Hbond substituents is 1. The van der Waals surface area contributed by atoms with Crippen LogP contribution in [-0.4, -0.2) is 75.5 Å². The maximum Gasteiger partial charge on any atom is 0.306 e. The van der Waals surface area contributed by atoms with Crippen LogP contribution in [0, 0.1) is 11.8 Å². The van der Waals surface area contributed by atoms with Crippen molar-refractivity contribution >= 4 is 28.9 Å². The van der Waals surface area contributed by atoms with Gasteiger partial charge in [-0.25, -0.2) is 4.39 Å². The lowest BCUT2D eigenvalue weighted by molar-refractivity contribution is -0.147. The Morgan fingerprint density at radius 3 is 2.36 bits per heavy atom. The first-order valence-corrected chi connectivity index (χ1v) is 13.5. The van der Waals surface area contributed by atoms with Crippen LogP contribution in [0.2, 0.25) is 0 Å². The van der Waals surface area contributed by atoms with E-state index < -0.39 is 92.7 Å². The van der Waals surface area contributed by atoms with Crippen molar-refractivity contribution in [3.8, 4) is 5.75 Å². The molecule has 1 aromatic rings. The van der Waals surface area contributed by atoms with Crippen LogP contribution in [0.15, 0.2) is 41.2 Å². The van der Waals surface area contributed by atoms with Gasteiger partial charge in [0.15, 0.2) is 23.0 Å². The highest BCUT2D eigenvalue weighted by Gasteiger charge is 2.60. The summed E-state index contributed by atoms with van der Waals surface area (Å²) in [5.41, 5.74) is -4.82. The number of ketones is 3. The number of phenols is 1. The summed E-state index contributed by atoms with van der Waals surface area (Å²) in [5.74, 6) is -9.19. The topological polar surface area (TPSA) is 147 Å². The molecule has 0 saturated heterocycles. The molecule has 0 aromatic heterocycles. The summed E-state index contributed by atoms with van der Waals surface area (Å²) in [6, 6.07) is 1.11. The van der Waals surface area contributed by atoms with Gasteiger partial charge in [0, 0.05) is 48.7 Å². The number of hydrogen-bond donors (Lipinski definition) is 5. The summed E-state index contributed by atoms with van der Waals surface area (Å²) in [7, 11) is 3.75. The fourth-order valence-corrected chi connectivity index (χ4v) is 6.35. The number of Topliss-reactive ketones (excluding diaryl/α,β-unsaturated/α-hetero) is 3. The van der Waals surface area contributed by atoms with Crippen LogP contribution in [0.4, 0.5) is 13.2 Å². The Morgan fingerprint density at radius 2 is 1.79 bits per heavy atom. The number of carbonyl (C=O) groups is 3. The number of nitrogens with zero attached hydrogens (tertiary/aromatic N) is 1. The molecule has 42 heavy (non-hydrogen) atoms. The molecule has 1 aliphatic heterocycles. The molecule has 0 bridgehead atoms. The molecular weight excluding hydrogens is 557 g/mol. The fourth-order valence-electron chi connectivity index (χ4n) is 6.35. The van der Waals surface area contributed by atoms with E-state index in [0.29, 0.717) is 19.5 Å². The maximum atomic E-state index is 14.8. The van der Waals surface area contributed by atoms with Gasteiger partial charge in [0.25, 0.3) is 0 Å². The largest absolute Gasteiger partial charge is 0.508 e. The zero-order valence-corrected chi connectivity index (χ0v) is 23.4. The SMILES string of the molecule is CC(=O)C1=C(O)[C@@]2(O)C(=O)C3=C(O)c4c(O)c(CN5CC=CCC5)cc(C(F)=C(F)F)c4C[C@H]3C[C@H]2CC1=O.CNC. The average Bonchev–Trinajstić information content (AvgIpc) is 2.92. The fraction of sp³-hybridized carbons (Fsp3) is 0.433. The lowest BCUT2D eigenvalue weighted by Crippen LogP contribution is -2.57. The Labute approximate surface area is 240 Å². The molecule has 1 fully saturated rings. The molecule has 5 N–H and O–H groups in total. The number of aromatic hydroxyl groups is 1. The number of halogens is 3. The van der Waals surface area contributed by atoms with E-state index in [0.717, 1.165) is 13.0 Å². The third-order valence-corrected chi connectivity index (χ3v) is 8.19. The van der Waals surface area contributed by atoms with E-state index in [1.54, 1.807) is 0 Å². The van der Waals surface area contributed by atoms with Crippen LogP contribution >= 0.6 is 0 Å². The molecule has 9 nitrogen and oxygen atoms in total. The van der Waals surface area contributed by atoms with Crippen molar-refractivity contribution in [2.24, 2.45) is 11.8 Å². The minimum atomic E-state index is -2.68. The Bertz CT molecular complexity index is 1480. The number of aliphatic hydroxyl groups is 3. The second kappa shape index (κ2) is 11.9. The first-order valence-electron chi connectivity index (χ1n) is 13.5. The number of hydrogen-bond acceptors (Lipinski definition) is 9. The predicted molar refractivity (Wildman–Crippen MR) is 147 cm³/mol. The summed E-state index contributed by atoms with van der Waals surface area (Å²) in [6.07, 6.45) is 1.08. The maximum absolute atomic E-state index is 14.8. The lowest BCUT2D eigenvalue weighted by Gasteiger charge is -2.46. The van der Waals surface area contributed by atoms with Crippen molar-refractivity contribution in [3.63, 3.8) is 0 Å². The summed E-state index contributed by atoms with van der Waals surface area (Å²) in [4.78, 5) is 40.1. The number of fused-ring (bicyclic) bond motifs is 3. The molecule has 0 unspecified atom stereocenters. The molecular formula is C30H33F3N2O7. The minimum absolute atomic E-state index is 0.0389. The summed E-state index contributed by atoms with van der Waals surface area (Å²) >= 11 is 0. The van der Waals surface area contributed by atoms with Crippen LogP contribution in [0.25, 0.3) is 11.6 Å². The third kappa shape index (κ3) is 5.07. The molecule has 4 aliphatic rings. The number of allylic oxidation sites excluding steroid dienone is 1. The van der Waals surface area contributed by atoms with Crippen molar-refractivity contribution in [3.05, 3.63) is 63.5 Å². The van der Waals surface area contributed by atoms with E-state index in [2.05, 4.69) is 5.32 Å². The molecule has 5 rings (SSSR count). The van der Waals surface area contributed by atoms with E-state index in [1.807, 2.05) is 31.1 Å². The molecule has 1 aromatic carbocycles. The first kappa shape index (κ1) is 31.2. The van der Waals surface area contributed by atoms with Crippen LogP contribution in [-0.2, 0) is 27.3 Å². The molecule has 0 radical (unpaired) electrons. The Morgan fingerprint density at radius 1 is 1.12 bits per heavy atom. The third-order valence-electron chi connectivity index (χ3n) is 8.19. The highest BCUT2D eigenvalue weighted by Crippen LogP contribution is 2.53. The van der Waals surface area contributed by atoms with Gasteiger partial charge in [0.05, 0.1) is 5.56 Å². The smallest absolute Gasteiger partial charge is 0.306 e. The van der Waals surface area contributed by atoms with Crippen molar-refractivity contribution in [1.29, 1.82) is 0 Å². The van der Waals surface area contributed by atoms with Crippen molar-refractivity contribution in [2.75, 3.05) is 27.2 Å². The average molecular weight is 591 g/mol. The van der Waals surface area contributed by atoms with Gasteiger partial charge in [-0.15, -0.1) is 0 Å². The van der Waals surface area contributed by atoms with Crippen LogP contribution in [0.1, 0.15) is 48.4 Å². The predicted octanol–water partition coefficient (Wildman–Crippen LogP) is 3.66. The number of nitrogens with one attached hydrogen (secondary N) is 1. The van der Waals surface area contributed by atoms with Crippen molar-refractivity contribution in [1.82, 2.24) is 10.2 Å². The van der Waals surface area contributed by atoms with E-state index >= 15 is 0 Å². The molecule has 226 valence electrons. The number of carbonyl (C=O) groups excluding carboxylic acids is 3. The van der Waals surface area contributed by atoms with Crippen molar-refractivity contribution in [2.45, 2.75) is 44.8 Å². The van der Waals surface area contributed by atoms with Crippen LogP contribution in [0.5, 0.6) is 5.75 Å². The van der Waals surface area contributed by atoms with Gasteiger partial charge in [-0.05, 0) is 57.8 Å².